The molecule has 0 unspecified atom stereocenters. The molecular weight excluding hydrogens is 456 g/mol. The third-order valence-corrected chi connectivity index (χ3v) is 8.28. The predicted molar refractivity (Wildman–Crippen MR) is 118 cm³/mol. The molecule has 2 atom stereocenters. The smallest absolute Gasteiger partial charge is 0.243 e. The maximum atomic E-state index is 12.8. The highest BCUT2D eigenvalue weighted by molar-refractivity contribution is 9.10. The minimum Gasteiger partial charge on any atom is -0.353 e. The lowest BCUT2D eigenvalue weighted by molar-refractivity contribution is -0.138. The van der Waals surface area contributed by atoms with Crippen molar-refractivity contribution in [1.82, 2.24) is 10.2 Å². The number of carbonyl (C=O) groups excluding carboxylic acids is 2. The molecule has 0 saturated carbocycles. The van der Waals surface area contributed by atoms with Gasteiger partial charge in [-0.1, -0.05) is 46.3 Å². The molecule has 7 heteroatoms. The Morgan fingerprint density at radius 2 is 1.96 bits per heavy atom. The molecule has 0 spiro atoms. The molecule has 2 saturated heterocycles. The van der Waals surface area contributed by atoms with Gasteiger partial charge in [0.2, 0.25) is 11.8 Å². The number of nitrogens with zero attached hydrogens (tertiary/aromatic N) is 1. The number of amides is 2. The van der Waals surface area contributed by atoms with Crippen LogP contribution < -0.4 is 5.32 Å². The third kappa shape index (κ3) is 3.84. The van der Waals surface area contributed by atoms with Crippen LogP contribution in [-0.2, 0) is 14.5 Å². The molecule has 2 fully saturated rings. The zero-order valence-corrected chi connectivity index (χ0v) is 18.5. The van der Waals surface area contributed by atoms with Crippen LogP contribution in [0.3, 0.4) is 0 Å². The van der Waals surface area contributed by atoms with Gasteiger partial charge in [0, 0.05) is 33.8 Å². The van der Waals surface area contributed by atoms with Crippen LogP contribution in [0.4, 0.5) is 0 Å². The van der Waals surface area contributed by atoms with Gasteiger partial charge in [0.05, 0.1) is 0 Å². The Hall–Kier alpha value is -1.44. The first-order valence-electron chi connectivity index (χ1n) is 9.28. The van der Waals surface area contributed by atoms with Gasteiger partial charge in [-0.05, 0) is 36.2 Å². The fourth-order valence-corrected chi connectivity index (χ4v) is 6.51. The van der Waals surface area contributed by atoms with Gasteiger partial charge in [0.25, 0.3) is 0 Å². The average molecular weight is 477 g/mol. The van der Waals surface area contributed by atoms with Crippen LogP contribution >= 0.6 is 39.5 Å². The Morgan fingerprint density at radius 1 is 1.21 bits per heavy atom. The number of benzene rings is 2. The van der Waals surface area contributed by atoms with E-state index in [9.17, 15) is 9.59 Å². The maximum Gasteiger partial charge on any atom is 0.243 e. The SMILES string of the molecule is O=C(NCCSc1ccc(Br)cc1)[C@H]1CS[C@@]2(c3ccccc3)CCC(=O)N12. The Bertz CT molecular complexity index is 862. The van der Waals surface area contributed by atoms with Gasteiger partial charge in [0.15, 0.2) is 0 Å². The number of carbonyl (C=O) groups is 2. The molecule has 2 aliphatic heterocycles. The zero-order valence-electron chi connectivity index (χ0n) is 15.3. The summed E-state index contributed by atoms with van der Waals surface area (Å²) in [6, 6.07) is 17.9. The molecule has 0 aromatic heterocycles. The molecular formula is C21H21BrN2O2S2. The van der Waals surface area contributed by atoms with Crippen molar-refractivity contribution < 1.29 is 9.59 Å². The van der Waals surface area contributed by atoms with E-state index >= 15 is 0 Å². The van der Waals surface area contributed by atoms with Crippen molar-refractivity contribution in [2.45, 2.75) is 28.6 Å². The molecule has 0 bridgehead atoms. The van der Waals surface area contributed by atoms with E-state index in [2.05, 4.69) is 45.5 Å². The van der Waals surface area contributed by atoms with Gasteiger partial charge in [-0.15, -0.1) is 23.5 Å². The van der Waals surface area contributed by atoms with Crippen molar-refractivity contribution in [2.24, 2.45) is 0 Å². The lowest BCUT2D eigenvalue weighted by Gasteiger charge is -2.34. The van der Waals surface area contributed by atoms with E-state index in [4.69, 9.17) is 0 Å². The van der Waals surface area contributed by atoms with Crippen LogP contribution in [0.15, 0.2) is 64.0 Å². The van der Waals surface area contributed by atoms with Crippen molar-refractivity contribution in [3.63, 3.8) is 0 Å². The van der Waals surface area contributed by atoms with E-state index < -0.39 is 6.04 Å². The summed E-state index contributed by atoms with van der Waals surface area (Å²) in [6.07, 6.45) is 1.27. The van der Waals surface area contributed by atoms with E-state index in [-0.39, 0.29) is 16.7 Å². The molecule has 0 radical (unpaired) electrons. The second-order valence-electron chi connectivity index (χ2n) is 6.83. The summed E-state index contributed by atoms with van der Waals surface area (Å²) in [5.41, 5.74) is 1.12. The van der Waals surface area contributed by atoms with Crippen LogP contribution in [-0.4, -0.2) is 40.8 Å². The van der Waals surface area contributed by atoms with Crippen LogP contribution in [0.25, 0.3) is 0 Å². The van der Waals surface area contributed by atoms with Gasteiger partial charge in [0.1, 0.15) is 10.9 Å². The number of hydrogen-bond donors (Lipinski definition) is 1. The minimum atomic E-state index is -0.391. The van der Waals surface area contributed by atoms with Crippen LogP contribution in [0.1, 0.15) is 18.4 Å². The topological polar surface area (TPSA) is 49.4 Å². The number of fused-ring (bicyclic) bond motifs is 1. The normalized spacial score (nSPS) is 23.7. The quantitative estimate of drug-likeness (QED) is 0.500. The Kier molecular flexibility index (Phi) is 6.04. The van der Waals surface area contributed by atoms with Crippen LogP contribution in [0.5, 0.6) is 0 Å². The highest BCUT2D eigenvalue weighted by Gasteiger charge is 2.56. The summed E-state index contributed by atoms with van der Waals surface area (Å²) in [4.78, 5) is 28.1. The molecule has 4 rings (SSSR count). The van der Waals surface area contributed by atoms with Crippen molar-refractivity contribution in [3.8, 4) is 0 Å². The molecule has 2 aliphatic rings. The van der Waals surface area contributed by atoms with Crippen molar-refractivity contribution in [3.05, 3.63) is 64.6 Å². The lowest BCUT2D eigenvalue weighted by Crippen LogP contribution is -2.50. The van der Waals surface area contributed by atoms with E-state index in [0.717, 1.165) is 22.2 Å². The van der Waals surface area contributed by atoms with Crippen LogP contribution in [0, 0.1) is 0 Å². The molecule has 2 heterocycles. The van der Waals surface area contributed by atoms with Gasteiger partial charge >= 0.3 is 0 Å². The zero-order chi connectivity index (χ0) is 19.6. The van der Waals surface area contributed by atoms with E-state index in [0.29, 0.717) is 18.7 Å². The van der Waals surface area contributed by atoms with Gasteiger partial charge in [-0.3, -0.25) is 9.59 Å². The second-order valence-corrected chi connectivity index (χ2v) is 10.2. The molecule has 28 heavy (non-hydrogen) atoms. The Balaban J connectivity index is 1.37. The molecule has 0 aliphatic carbocycles. The molecule has 2 amide bonds. The van der Waals surface area contributed by atoms with Crippen molar-refractivity contribution in [1.29, 1.82) is 0 Å². The second kappa shape index (κ2) is 8.51. The number of rotatable bonds is 6. The average Bonchev–Trinajstić information content (AvgIpc) is 3.26. The minimum absolute atomic E-state index is 0.0445. The standard InChI is InChI=1S/C21H21BrN2O2S2/c22-16-6-8-17(9-7-16)27-13-12-23-20(26)18-14-28-21(11-10-19(25)24(18)21)15-4-2-1-3-5-15/h1-9,18H,10-14H2,(H,23,26)/t18-,21-/m1/s1. The molecule has 2 aromatic carbocycles. The van der Waals surface area contributed by atoms with E-state index in [1.807, 2.05) is 35.2 Å². The summed E-state index contributed by atoms with van der Waals surface area (Å²) in [6.45, 7) is 0.584. The van der Waals surface area contributed by atoms with Crippen LogP contribution in [0.2, 0.25) is 0 Å². The molecule has 2 aromatic rings. The van der Waals surface area contributed by atoms with E-state index in [1.54, 1.807) is 23.5 Å². The fourth-order valence-electron chi connectivity index (χ4n) is 3.83. The lowest BCUT2D eigenvalue weighted by atomic mass is 10.0. The number of thioether (sulfide) groups is 2. The van der Waals surface area contributed by atoms with Gasteiger partial charge < -0.3 is 10.2 Å². The number of nitrogens with one attached hydrogen (secondary N) is 1. The summed E-state index contributed by atoms with van der Waals surface area (Å²) in [5.74, 6) is 1.48. The highest BCUT2D eigenvalue weighted by Crippen LogP contribution is 2.54. The molecule has 146 valence electrons. The first kappa shape index (κ1) is 19.9. The summed E-state index contributed by atoms with van der Waals surface area (Å²) in [5, 5.41) is 3.03. The summed E-state index contributed by atoms with van der Waals surface area (Å²) in [7, 11) is 0. The van der Waals surface area contributed by atoms with Gasteiger partial charge in [-0.2, -0.15) is 0 Å². The summed E-state index contributed by atoms with van der Waals surface area (Å²) < 4.78 is 1.06. The molecule has 4 nitrogen and oxygen atoms in total. The fraction of sp³-hybridized carbons (Fsp3) is 0.333. The Labute approximate surface area is 182 Å². The van der Waals surface area contributed by atoms with Crippen molar-refractivity contribution in [2.75, 3.05) is 18.1 Å². The Morgan fingerprint density at radius 3 is 2.71 bits per heavy atom. The first-order chi connectivity index (χ1) is 13.6. The third-order valence-electron chi connectivity index (χ3n) is 5.14. The molecule has 1 N–H and O–H groups in total. The maximum absolute atomic E-state index is 12.8. The van der Waals surface area contributed by atoms with E-state index in [1.165, 1.54) is 4.90 Å². The van der Waals surface area contributed by atoms with Gasteiger partial charge in [-0.25, -0.2) is 0 Å². The largest absolute Gasteiger partial charge is 0.353 e. The first-order valence-corrected chi connectivity index (χ1v) is 12.0. The monoisotopic (exact) mass is 476 g/mol. The predicted octanol–water partition coefficient (Wildman–Crippen LogP) is 4.25. The van der Waals surface area contributed by atoms with Crippen molar-refractivity contribution >= 4 is 51.3 Å². The highest BCUT2D eigenvalue weighted by atomic mass is 79.9. The summed E-state index contributed by atoms with van der Waals surface area (Å²) >= 11 is 6.87. The number of halogens is 1. The number of hydrogen-bond acceptors (Lipinski definition) is 4.